The van der Waals surface area contributed by atoms with Crippen LogP contribution in [0.3, 0.4) is 0 Å². The summed E-state index contributed by atoms with van der Waals surface area (Å²) in [5.74, 6) is -0.266. The highest BCUT2D eigenvalue weighted by atomic mass is 16.8. The average Bonchev–Trinajstić information content (AvgIpc) is 0.785. The number of rotatable bonds is 66. The van der Waals surface area contributed by atoms with Gasteiger partial charge in [-0.3, -0.25) is 4.79 Å². The first-order valence-corrected chi connectivity index (χ1v) is 40.9. The van der Waals surface area contributed by atoms with E-state index in [0.717, 1.165) is 44.9 Å². The Morgan fingerprint density at radius 3 is 0.959 bits per heavy atom. The molecule has 98 heavy (non-hydrogen) atoms. The lowest BCUT2D eigenvalue weighted by Crippen LogP contribution is -2.66. The smallest absolute Gasteiger partial charge is 0.220 e. The van der Waals surface area contributed by atoms with Crippen LogP contribution in [0, 0.1) is 0 Å². The van der Waals surface area contributed by atoms with Crippen molar-refractivity contribution < 1.29 is 89.4 Å². The first kappa shape index (κ1) is 90.7. The van der Waals surface area contributed by atoms with E-state index in [1.165, 1.54) is 283 Å². The molecule has 0 bridgehead atoms. The van der Waals surface area contributed by atoms with Crippen molar-refractivity contribution in [3.8, 4) is 0 Å². The summed E-state index contributed by atoms with van der Waals surface area (Å²) in [6, 6.07) is -0.970. The fourth-order valence-electron chi connectivity index (χ4n) is 14.3. The lowest BCUT2D eigenvalue weighted by molar-refractivity contribution is -0.379. The third-order valence-electron chi connectivity index (χ3n) is 20.8. The molecule has 0 saturated carbocycles. The van der Waals surface area contributed by atoms with Crippen LogP contribution in [0.5, 0.6) is 0 Å². The maximum absolute atomic E-state index is 13.5. The van der Waals surface area contributed by atoms with Gasteiger partial charge in [-0.05, 0) is 19.3 Å². The zero-order valence-electron chi connectivity index (χ0n) is 62.1. The zero-order chi connectivity index (χ0) is 71.1. The van der Waals surface area contributed by atoms with E-state index in [1.54, 1.807) is 6.08 Å². The minimum absolute atomic E-state index is 0.250. The third kappa shape index (κ3) is 40.7. The number of amides is 1. The Hall–Kier alpha value is -1.47. The molecule has 0 spiro atoms. The van der Waals surface area contributed by atoms with E-state index in [4.69, 9.17) is 28.4 Å². The van der Waals surface area contributed by atoms with Crippen LogP contribution < -0.4 is 5.32 Å². The topological polar surface area (TPSA) is 307 Å². The Morgan fingerprint density at radius 1 is 0.357 bits per heavy atom. The van der Waals surface area contributed by atoms with Gasteiger partial charge in [0.25, 0.3) is 0 Å². The van der Waals surface area contributed by atoms with Crippen LogP contribution in [-0.4, -0.2) is 193 Å². The van der Waals surface area contributed by atoms with E-state index in [1.807, 2.05) is 6.08 Å². The molecule has 19 nitrogen and oxygen atoms in total. The van der Waals surface area contributed by atoms with Gasteiger partial charge in [-0.25, -0.2) is 0 Å². The molecule has 1 amide bonds. The summed E-state index contributed by atoms with van der Waals surface area (Å²) in [4.78, 5) is 13.5. The molecular formula is C79H151NO18. The number of carbonyl (C=O) groups excluding carboxylic acids is 1. The third-order valence-corrected chi connectivity index (χ3v) is 20.8. The second-order valence-electron chi connectivity index (χ2n) is 29.6. The minimum Gasteiger partial charge on any atom is -0.394 e. The molecule has 17 atom stereocenters. The number of hydrogen-bond donors (Lipinski definition) is 12. The fourth-order valence-corrected chi connectivity index (χ4v) is 14.3. The van der Waals surface area contributed by atoms with Crippen LogP contribution in [0.25, 0.3) is 0 Å². The number of aliphatic hydroxyl groups is 11. The summed E-state index contributed by atoms with van der Waals surface area (Å²) in [6.07, 6.45) is 45.0. The van der Waals surface area contributed by atoms with E-state index in [2.05, 4.69) is 19.2 Å². The molecular weight excluding hydrogens is 1250 g/mol. The summed E-state index contributed by atoms with van der Waals surface area (Å²) < 4.78 is 34.5. The van der Waals surface area contributed by atoms with Crippen LogP contribution in [0.1, 0.15) is 354 Å². The maximum Gasteiger partial charge on any atom is 0.220 e. The molecule has 0 aromatic heterocycles. The van der Waals surface area contributed by atoms with E-state index in [0.29, 0.717) is 6.42 Å². The Labute approximate surface area is 595 Å². The highest BCUT2D eigenvalue weighted by Crippen LogP contribution is 2.33. The van der Waals surface area contributed by atoms with Crippen LogP contribution in [0.4, 0.5) is 0 Å². The van der Waals surface area contributed by atoms with Crippen LogP contribution in [0.2, 0.25) is 0 Å². The van der Waals surface area contributed by atoms with Gasteiger partial charge in [0, 0.05) is 6.42 Å². The van der Waals surface area contributed by atoms with Crippen molar-refractivity contribution in [2.75, 3.05) is 26.4 Å². The molecule has 3 aliphatic heterocycles. The lowest BCUT2D eigenvalue weighted by atomic mass is 9.96. The molecule has 3 saturated heterocycles. The van der Waals surface area contributed by atoms with Crippen molar-refractivity contribution in [2.45, 2.75) is 458 Å². The Bertz CT molecular complexity index is 1820. The number of ether oxygens (including phenoxy) is 6. The molecule has 12 N–H and O–H groups in total. The highest BCUT2D eigenvalue weighted by molar-refractivity contribution is 5.76. The number of allylic oxidation sites excluding steroid dienone is 1. The van der Waals surface area contributed by atoms with Gasteiger partial charge in [0.2, 0.25) is 5.91 Å². The van der Waals surface area contributed by atoms with Crippen molar-refractivity contribution in [1.82, 2.24) is 5.32 Å². The summed E-state index contributed by atoms with van der Waals surface area (Å²) in [5, 5.41) is 121. The van der Waals surface area contributed by atoms with Crippen molar-refractivity contribution in [3.05, 3.63) is 12.2 Å². The van der Waals surface area contributed by atoms with Gasteiger partial charge in [-0.15, -0.1) is 0 Å². The predicted molar refractivity (Wildman–Crippen MR) is 388 cm³/mol. The summed E-state index contributed by atoms with van der Waals surface area (Å²) >= 11 is 0. The van der Waals surface area contributed by atoms with E-state index in [9.17, 15) is 61.0 Å². The molecule has 3 rings (SSSR count). The van der Waals surface area contributed by atoms with Crippen molar-refractivity contribution in [2.24, 2.45) is 0 Å². The first-order valence-electron chi connectivity index (χ1n) is 40.9. The van der Waals surface area contributed by atoms with Gasteiger partial charge < -0.3 is 89.9 Å². The van der Waals surface area contributed by atoms with E-state index >= 15 is 0 Å². The van der Waals surface area contributed by atoms with E-state index in [-0.39, 0.29) is 18.9 Å². The second kappa shape index (κ2) is 60.8. The summed E-state index contributed by atoms with van der Waals surface area (Å²) in [5.41, 5.74) is 0. The average molecular weight is 1400 g/mol. The number of hydrogen-bond acceptors (Lipinski definition) is 18. The second-order valence-corrected chi connectivity index (χ2v) is 29.6. The molecule has 19 heteroatoms. The van der Waals surface area contributed by atoms with Gasteiger partial charge in [0.1, 0.15) is 73.2 Å². The Kier molecular flexibility index (Phi) is 56.3. The highest BCUT2D eigenvalue weighted by Gasteiger charge is 2.54. The van der Waals surface area contributed by atoms with Gasteiger partial charge in [-0.1, -0.05) is 341 Å². The number of aliphatic hydroxyl groups excluding tert-OH is 11. The normalized spacial score (nSPS) is 26.7. The Morgan fingerprint density at radius 2 is 0.633 bits per heavy atom. The maximum atomic E-state index is 13.5. The van der Waals surface area contributed by atoms with Crippen molar-refractivity contribution in [3.63, 3.8) is 0 Å². The van der Waals surface area contributed by atoms with Crippen molar-refractivity contribution in [1.29, 1.82) is 0 Å². The van der Waals surface area contributed by atoms with Crippen LogP contribution in [0.15, 0.2) is 12.2 Å². The molecule has 580 valence electrons. The number of carbonyl (C=O) groups is 1. The molecule has 0 radical (unpaired) electrons. The quantitative estimate of drug-likeness (QED) is 0.0199. The minimum atomic E-state index is -1.98. The van der Waals surface area contributed by atoms with Crippen LogP contribution >= 0.6 is 0 Å². The molecule has 3 heterocycles. The fraction of sp³-hybridized carbons (Fsp3) is 0.962. The largest absolute Gasteiger partial charge is 0.394 e. The monoisotopic (exact) mass is 1400 g/mol. The summed E-state index contributed by atoms with van der Waals surface area (Å²) in [7, 11) is 0. The standard InChI is InChI=1S/C79H151NO18/c1-3-5-7-9-11-13-15-17-19-21-23-25-26-27-28-29-30-31-32-33-34-35-36-37-39-41-43-45-47-49-51-53-55-57-67(85)80-62(63(84)56-54-52-50-48-46-44-42-40-38-24-22-20-18-16-14-12-10-8-6-4-2)61-93-77-73(91)70(88)75(65(59-82)95-77)98-79-74(92)71(89)76(66(60-83)96-79)97-78-72(90)69(87)68(86)64(58-81)94-78/h54,56,62-66,68-79,81-84,86-92H,3-53,55,57-61H2,1-2H3,(H,80,85)/b56-54+. The van der Waals surface area contributed by atoms with Crippen LogP contribution in [-0.2, 0) is 33.2 Å². The SMILES string of the molecule is CCCCCCCCCCCCCCCCCCCC/C=C/C(O)C(COC1OC(CO)C(OC2OC(CO)C(OC3OC(CO)C(O)C(O)C3O)C(O)C2O)C(O)C1O)NC(=O)CCCCCCCCCCCCCCCCCCCCCCCCCCCCCCCCCCC. The zero-order valence-corrected chi connectivity index (χ0v) is 62.1. The molecule has 3 aliphatic rings. The molecule has 0 aromatic rings. The molecule has 0 aliphatic carbocycles. The number of unbranched alkanes of at least 4 members (excludes halogenated alkanes) is 50. The summed E-state index contributed by atoms with van der Waals surface area (Å²) in [6.45, 7) is 1.80. The van der Waals surface area contributed by atoms with Gasteiger partial charge in [0.05, 0.1) is 38.6 Å². The lowest BCUT2D eigenvalue weighted by Gasteiger charge is -2.48. The molecule has 0 aromatic carbocycles. The predicted octanol–water partition coefficient (Wildman–Crippen LogP) is 13.6. The van der Waals surface area contributed by atoms with Crippen molar-refractivity contribution >= 4 is 5.91 Å². The molecule has 17 unspecified atom stereocenters. The number of nitrogens with one attached hydrogen (secondary N) is 1. The van der Waals surface area contributed by atoms with E-state index < -0.39 is 124 Å². The Balaban J connectivity index is 1.34. The first-order chi connectivity index (χ1) is 47.8. The molecule has 3 fully saturated rings. The van der Waals surface area contributed by atoms with Gasteiger partial charge in [0.15, 0.2) is 18.9 Å². The van der Waals surface area contributed by atoms with Gasteiger partial charge in [-0.2, -0.15) is 0 Å². The van der Waals surface area contributed by atoms with Gasteiger partial charge >= 0.3 is 0 Å².